The third-order valence-corrected chi connectivity index (χ3v) is 3.11. The van der Waals surface area contributed by atoms with Gasteiger partial charge in [0.2, 0.25) is 0 Å². The second-order valence-corrected chi connectivity index (χ2v) is 5.03. The number of esters is 1. The van der Waals surface area contributed by atoms with E-state index in [1.165, 1.54) is 41.3 Å². The van der Waals surface area contributed by atoms with Gasteiger partial charge in [0, 0.05) is 6.20 Å². The second kappa shape index (κ2) is 9.09. The van der Waals surface area contributed by atoms with E-state index < -0.39 is 24.9 Å². The maximum Gasteiger partial charge on any atom is 0.341 e. The topological polar surface area (TPSA) is 82.8 Å². The minimum Gasteiger partial charge on any atom is -0.471 e. The van der Waals surface area contributed by atoms with Crippen molar-refractivity contribution in [3.05, 3.63) is 42.2 Å². The first kappa shape index (κ1) is 19.6. The lowest BCUT2D eigenvalue weighted by molar-refractivity contribution is -0.114. The van der Waals surface area contributed by atoms with Crippen LogP contribution >= 0.6 is 0 Å². The van der Waals surface area contributed by atoms with Crippen molar-refractivity contribution < 1.29 is 37.3 Å². The van der Waals surface area contributed by atoms with Gasteiger partial charge in [-0.15, -0.1) is 0 Å². The first-order chi connectivity index (χ1) is 12.4. The van der Waals surface area contributed by atoms with E-state index in [0.717, 1.165) is 0 Å². The average Bonchev–Trinajstić information content (AvgIpc) is 3.09. The molecule has 1 aromatic heterocycles. The summed E-state index contributed by atoms with van der Waals surface area (Å²) < 4.78 is 53.9. The molecule has 1 aromatic carbocycles. The molecule has 0 radical (unpaired) electrons. The maximum atomic E-state index is 13.3. The number of carbonyl (C=O) groups excluding carboxylic acids is 1. The van der Waals surface area contributed by atoms with Crippen LogP contribution in [0.3, 0.4) is 0 Å². The number of aliphatic hydroxyl groups is 1. The quantitative estimate of drug-likeness (QED) is 0.679. The zero-order chi connectivity index (χ0) is 19.1. The zero-order valence-electron chi connectivity index (χ0n) is 13.7. The van der Waals surface area contributed by atoms with Gasteiger partial charge >= 0.3 is 5.97 Å². The van der Waals surface area contributed by atoms with Crippen molar-refractivity contribution in [3.8, 4) is 11.5 Å². The molecule has 0 spiro atoms. The number of hydrogen-bond donors (Lipinski definition) is 1. The molecular weight excluding hydrogens is 357 g/mol. The van der Waals surface area contributed by atoms with Crippen LogP contribution < -0.4 is 9.47 Å². The van der Waals surface area contributed by atoms with Crippen molar-refractivity contribution in [2.75, 3.05) is 6.61 Å². The van der Waals surface area contributed by atoms with Crippen molar-refractivity contribution >= 4 is 5.97 Å². The molecule has 1 heterocycles. The molecule has 0 aliphatic carbocycles. The first-order valence-corrected chi connectivity index (χ1v) is 7.60. The lowest BCUT2D eigenvalue weighted by Gasteiger charge is -2.16. The summed E-state index contributed by atoms with van der Waals surface area (Å²) in [5.41, 5.74) is 0.283. The average molecular weight is 374 g/mol. The van der Waals surface area contributed by atoms with Gasteiger partial charge in [0.15, 0.2) is 12.8 Å². The SMILES string of the molecule is CCOC(=O)c1cnn(COc2ccc(OC(F)C(O)C(F)F)cc2)c1. The van der Waals surface area contributed by atoms with E-state index in [4.69, 9.17) is 14.6 Å². The van der Waals surface area contributed by atoms with Gasteiger partial charge in [-0.1, -0.05) is 0 Å². The summed E-state index contributed by atoms with van der Waals surface area (Å²) in [6, 6.07) is 5.44. The van der Waals surface area contributed by atoms with E-state index in [0.29, 0.717) is 5.75 Å². The highest BCUT2D eigenvalue weighted by atomic mass is 19.3. The number of ether oxygens (including phenoxy) is 3. The molecule has 7 nitrogen and oxygen atoms in total. The van der Waals surface area contributed by atoms with E-state index in [1.54, 1.807) is 6.92 Å². The van der Waals surface area contributed by atoms with Gasteiger partial charge in [-0.25, -0.2) is 18.3 Å². The van der Waals surface area contributed by atoms with Crippen LogP contribution in [0.4, 0.5) is 13.2 Å². The van der Waals surface area contributed by atoms with Crippen molar-refractivity contribution in [3.63, 3.8) is 0 Å². The summed E-state index contributed by atoms with van der Waals surface area (Å²) in [5, 5.41) is 12.8. The molecule has 1 N–H and O–H groups in total. The Labute approximate surface area is 146 Å². The van der Waals surface area contributed by atoms with Gasteiger partial charge in [0.05, 0.1) is 18.4 Å². The molecule has 0 fully saturated rings. The third kappa shape index (κ3) is 5.38. The number of hydrogen-bond acceptors (Lipinski definition) is 6. The summed E-state index contributed by atoms with van der Waals surface area (Å²) in [4.78, 5) is 11.5. The van der Waals surface area contributed by atoms with Gasteiger partial charge < -0.3 is 19.3 Å². The Morgan fingerprint density at radius 2 is 1.88 bits per heavy atom. The van der Waals surface area contributed by atoms with Crippen LogP contribution in [0.15, 0.2) is 36.7 Å². The molecule has 2 atom stereocenters. The van der Waals surface area contributed by atoms with Gasteiger partial charge in [-0.05, 0) is 31.2 Å². The van der Waals surface area contributed by atoms with Gasteiger partial charge in [0.25, 0.3) is 12.8 Å². The van der Waals surface area contributed by atoms with Gasteiger partial charge in [-0.2, -0.15) is 9.49 Å². The molecule has 0 saturated carbocycles. The predicted molar refractivity (Wildman–Crippen MR) is 82.8 cm³/mol. The molecule has 10 heteroatoms. The van der Waals surface area contributed by atoms with Gasteiger partial charge in [0.1, 0.15) is 11.5 Å². The molecule has 2 aromatic rings. The summed E-state index contributed by atoms with van der Waals surface area (Å²) in [5.74, 6) is -0.171. The Kier molecular flexibility index (Phi) is 6.84. The van der Waals surface area contributed by atoms with Crippen LogP contribution in [0.25, 0.3) is 0 Å². The lowest BCUT2D eigenvalue weighted by Crippen LogP contribution is -2.33. The molecule has 2 rings (SSSR count). The normalized spacial score (nSPS) is 13.3. The van der Waals surface area contributed by atoms with Crippen LogP contribution in [0.5, 0.6) is 11.5 Å². The Balaban J connectivity index is 1.87. The molecule has 0 amide bonds. The maximum absolute atomic E-state index is 13.3. The number of alkyl halides is 3. The highest BCUT2D eigenvalue weighted by molar-refractivity contribution is 5.88. The molecule has 26 heavy (non-hydrogen) atoms. The molecule has 0 bridgehead atoms. The van der Waals surface area contributed by atoms with Crippen molar-refractivity contribution in [2.24, 2.45) is 0 Å². The number of halogens is 3. The molecule has 0 aliphatic heterocycles. The molecule has 0 saturated heterocycles. The van der Waals surface area contributed by atoms with E-state index in [1.807, 2.05) is 0 Å². The second-order valence-electron chi connectivity index (χ2n) is 5.03. The predicted octanol–water partition coefficient (Wildman–Crippen LogP) is 2.40. The number of aliphatic hydroxyl groups excluding tert-OH is 1. The van der Waals surface area contributed by atoms with Crippen molar-refractivity contribution in [1.82, 2.24) is 9.78 Å². The standard InChI is InChI=1S/C16H17F3N2O5/c1-2-24-16(23)10-7-20-21(8-10)9-25-11-3-5-12(6-4-11)26-15(19)13(22)14(17)18/h3-8,13-15,22H,2,9H2,1H3. The number of aromatic nitrogens is 2. The smallest absolute Gasteiger partial charge is 0.341 e. The third-order valence-electron chi connectivity index (χ3n) is 3.11. The molecule has 2 unspecified atom stereocenters. The van der Waals surface area contributed by atoms with Crippen LogP contribution in [0, 0.1) is 0 Å². The fraction of sp³-hybridized carbons (Fsp3) is 0.375. The number of benzene rings is 1. The van der Waals surface area contributed by atoms with Crippen LogP contribution in [0.2, 0.25) is 0 Å². The fourth-order valence-corrected chi connectivity index (χ4v) is 1.82. The lowest BCUT2D eigenvalue weighted by atomic mass is 10.3. The minimum atomic E-state index is -3.25. The first-order valence-electron chi connectivity index (χ1n) is 7.60. The van der Waals surface area contributed by atoms with Crippen molar-refractivity contribution in [2.45, 2.75) is 32.5 Å². The molecular formula is C16H17F3N2O5. The van der Waals surface area contributed by atoms with Gasteiger partial charge in [-0.3, -0.25) is 0 Å². The largest absolute Gasteiger partial charge is 0.471 e. The number of carbonyl (C=O) groups is 1. The Hall–Kier alpha value is -2.75. The van der Waals surface area contributed by atoms with E-state index in [2.05, 4.69) is 9.84 Å². The minimum absolute atomic E-state index is 0.00452. The van der Waals surface area contributed by atoms with Crippen LogP contribution in [-0.4, -0.2) is 46.4 Å². The Morgan fingerprint density at radius 3 is 2.50 bits per heavy atom. The molecule has 0 aliphatic rings. The summed E-state index contributed by atoms with van der Waals surface area (Å²) in [7, 11) is 0. The Morgan fingerprint density at radius 1 is 1.23 bits per heavy atom. The number of nitrogens with zero attached hydrogens (tertiary/aromatic N) is 2. The molecule has 142 valence electrons. The van der Waals surface area contributed by atoms with Crippen LogP contribution in [-0.2, 0) is 11.5 Å². The number of rotatable bonds is 9. The van der Waals surface area contributed by atoms with E-state index in [-0.39, 0.29) is 24.7 Å². The highest BCUT2D eigenvalue weighted by Crippen LogP contribution is 2.21. The summed E-state index contributed by atoms with van der Waals surface area (Å²) in [6.45, 7) is 1.94. The monoisotopic (exact) mass is 374 g/mol. The summed E-state index contributed by atoms with van der Waals surface area (Å²) >= 11 is 0. The van der Waals surface area contributed by atoms with E-state index in [9.17, 15) is 18.0 Å². The van der Waals surface area contributed by atoms with Crippen LogP contribution in [0.1, 0.15) is 17.3 Å². The van der Waals surface area contributed by atoms with E-state index >= 15 is 0 Å². The zero-order valence-corrected chi connectivity index (χ0v) is 13.7. The highest BCUT2D eigenvalue weighted by Gasteiger charge is 2.29. The van der Waals surface area contributed by atoms with Crippen molar-refractivity contribution in [1.29, 1.82) is 0 Å². The Bertz CT molecular complexity index is 708. The fourth-order valence-electron chi connectivity index (χ4n) is 1.82. The summed E-state index contributed by atoms with van der Waals surface area (Å²) in [6.07, 6.45) is -5.53.